The highest BCUT2D eigenvalue weighted by Crippen LogP contribution is 2.16. The van der Waals surface area contributed by atoms with Crippen LogP contribution in [0.2, 0.25) is 0 Å². The van der Waals surface area contributed by atoms with Crippen LogP contribution >= 0.6 is 0 Å². The number of ether oxygens (including phenoxy) is 1. The molecule has 2 saturated heterocycles. The Morgan fingerprint density at radius 3 is 2.62 bits per heavy atom. The first-order valence-corrected chi connectivity index (χ1v) is 11.2. The number of nitrogens with zero attached hydrogens (tertiary/aromatic N) is 3. The number of nitrogens with one attached hydrogen (secondary N) is 2. The maximum absolute atomic E-state index is 5.20. The number of methoxy groups -OCH3 is 1. The van der Waals surface area contributed by atoms with Crippen molar-refractivity contribution in [3.8, 4) is 0 Å². The Bertz CT molecular complexity index is 601. The smallest absolute Gasteiger partial charge is 0.191 e. The van der Waals surface area contributed by atoms with Gasteiger partial charge in [-0.1, -0.05) is 30.3 Å². The minimum atomic E-state index is 0.467. The molecule has 0 aromatic heterocycles. The molecule has 29 heavy (non-hydrogen) atoms. The first-order valence-electron chi connectivity index (χ1n) is 11.2. The highest BCUT2D eigenvalue weighted by molar-refractivity contribution is 5.80. The number of hydrogen-bond acceptors (Lipinski definition) is 4. The van der Waals surface area contributed by atoms with Crippen LogP contribution in [0, 0.1) is 5.92 Å². The van der Waals surface area contributed by atoms with Gasteiger partial charge in [0.15, 0.2) is 5.96 Å². The summed E-state index contributed by atoms with van der Waals surface area (Å²) in [6.45, 7) is 8.56. The van der Waals surface area contributed by atoms with E-state index in [2.05, 4.69) is 55.8 Å². The molecule has 3 rings (SSSR count). The van der Waals surface area contributed by atoms with Crippen LogP contribution < -0.4 is 10.6 Å². The molecule has 0 amide bonds. The van der Waals surface area contributed by atoms with E-state index in [1.54, 1.807) is 7.11 Å². The Morgan fingerprint density at radius 1 is 1.10 bits per heavy atom. The SMILES string of the molecule is CN=C(NCC1CCN(CCOC)CC1)NC1CCCN(Cc2ccccc2)C1. The summed E-state index contributed by atoms with van der Waals surface area (Å²) in [6, 6.07) is 11.3. The van der Waals surface area contributed by atoms with E-state index in [4.69, 9.17) is 4.74 Å². The fraction of sp³-hybridized carbons (Fsp3) is 0.696. The van der Waals surface area contributed by atoms with Gasteiger partial charge in [0.1, 0.15) is 0 Å². The highest BCUT2D eigenvalue weighted by atomic mass is 16.5. The molecule has 2 aliphatic heterocycles. The fourth-order valence-electron chi connectivity index (χ4n) is 4.42. The number of aliphatic imine (C=N–C) groups is 1. The van der Waals surface area contributed by atoms with Crippen LogP contribution in [0.1, 0.15) is 31.2 Å². The van der Waals surface area contributed by atoms with Crippen molar-refractivity contribution < 1.29 is 4.74 Å². The molecular formula is C23H39N5O. The van der Waals surface area contributed by atoms with Crippen LogP contribution in [0.4, 0.5) is 0 Å². The van der Waals surface area contributed by atoms with Crippen LogP contribution in [-0.2, 0) is 11.3 Å². The van der Waals surface area contributed by atoms with Gasteiger partial charge in [-0.05, 0) is 56.8 Å². The first kappa shape index (κ1) is 22.1. The van der Waals surface area contributed by atoms with E-state index >= 15 is 0 Å². The summed E-state index contributed by atoms with van der Waals surface area (Å²) < 4.78 is 5.20. The second-order valence-corrected chi connectivity index (χ2v) is 8.44. The second kappa shape index (κ2) is 12.2. The lowest BCUT2D eigenvalue weighted by Crippen LogP contribution is -2.51. The molecule has 162 valence electrons. The van der Waals surface area contributed by atoms with Gasteiger partial charge >= 0.3 is 0 Å². The lowest BCUT2D eigenvalue weighted by atomic mass is 9.97. The molecule has 0 radical (unpaired) electrons. The largest absolute Gasteiger partial charge is 0.383 e. The zero-order valence-corrected chi connectivity index (χ0v) is 18.3. The molecule has 2 fully saturated rings. The van der Waals surface area contributed by atoms with Gasteiger partial charge in [0, 0.05) is 46.4 Å². The summed E-state index contributed by atoms with van der Waals surface area (Å²) in [6.07, 6.45) is 4.95. The zero-order chi connectivity index (χ0) is 20.3. The van der Waals surface area contributed by atoms with Gasteiger partial charge in [-0.2, -0.15) is 0 Å². The van der Waals surface area contributed by atoms with Gasteiger partial charge in [0.2, 0.25) is 0 Å². The van der Waals surface area contributed by atoms with Crippen molar-refractivity contribution in [2.45, 2.75) is 38.3 Å². The highest BCUT2D eigenvalue weighted by Gasteiger charge is 2.22. The lowest BCUT2D eigenvalue weighted by Gasteiger charge is -2.35. The average Bonchev–Trinajstić information content (AvgIpc) is 2.77. The number of guanidine groups is 1. The average molecular weight is 402 g/mol. The topological polar surface area (TPSA) is 52.1 Å². The second-order valence-electron chi connectivity index (χ2n) is 8.44. The Morgan fingerprint density at radius 2 is 1.90 bits per heavy atom. The Kier molecular flexibility index (Phi) is 9.25. The molecule has 0 aliphatic carbocycles. The minimum absolute atomic E-state index is 0.467. The van der Waals surface area contributed by atoms with Crippen LogP contribution in [0.5, 0.6) is 0 Å². The van der Waals surface area contributed by atoms with E-state index in [0.717, 1.165) is 44.7 Å². The summed E-state index contributed by atoms with van der Waals surface area (Å²) in [4.78, 5) is 9.55. The van der Waals surface area contributed by atoms with E-state index in [9.17, 15) is 0 Å². The van der Waals surface area contributed by atoms with Crippen LogP contribution in [0.3, 0.4) is 0 Å². The predicted molar refractivity (Wildman–Crippen MR) is 120 cm³/mol. The van der Waals surface area contributed by atoms with Gasteiger partial charge in [0.05, 0.1) is 6.61 Å². The first-order chi connectivity index (χ1) is 14.3. The molecule has 1 unspecified atom stereocenters. The third-order valence-corrected chi connectivity index (χ3v) is 6.20. The van der Waals surface area contributed by atoms with Gasteiger partial charge in [-0.3, -0.25) is 9.89 Å². The molecule has 1 aromatic rings. The zero-order valence-electron chi connectivity index (χ0n) is 18.3. The summed E-state index contributed by atoms with van der Waals surface area (Å²) in [5, 5.41) is 7.25. The summed E-state index contributed by atoms with van der Waals surface area (Å²) in [5.74, 6) is 1.69. The summed E-state index contributed by atoms with van der Waals surface area (Å²) in [7, 11) is 3.66. The predicted octanol–water partition coefficient (Wildman–Crippen LogP) is 2.17. The number of hydrogen-bond donors (Lipinski definition) is 2. The number of rotatable bonds is 8. The van der Waals surface area contributed by atoms with E-state index in [-0.39, 0.29) is 0 Å². The van der Waals surface area contributed by atoms with Crippen molar-refractivity contribution in [2.24, 2.45) is 10.9 Å². The fourth-order valence-corrected chi connectivity index (χ4v) is 4.42. The van der Waals surface area contributed by atoms with Crippen molar-refractivity contribution in [1.29, 1.82) is 0 Å². The number of benzene rings is 1. The third kappa shape index (κ3) is 7.61. The Balaban J connectivity index is 1.37. The monoisotopic (exact) mass is 401 g/mol. The Hall–Kier alpha value is -1.63. The van der Waals surface area contributed by atoms with Crippen molar-refractivity contribution >= 4 is 5.96 Å². The normalized spacial score (nSPS) is 22.6. The van der Waals surface area contributed by atoms with Crippen LogP contribution in [-0.4, -0.2) is 81.8 Å². The van der Waals surface area contributed by atoms with Crippen molar-refractivity contribution in [3.05, 3.63) is 35.9 Å². The maximum atomic E-state index is 5.20. The van der Waals surface area contributed by atoms with Gasteiger partial charge in [0.25, 0.3) is 0 Å². The van der Waals surface area contributed by atoms with Gasteiger partial charge in [-0.25, -0.2) is 0 Å². The number of piperidine rings is 2. The summed E-state index contributed by atoms with van der Waals surface area (Å²) in [5.41, 5.74) is 1.40. The van der Waals surface area contributed by atoms with E-state index < -0.39 is 0 Å². The van der Waals surface area contributed by atoms with Crippen molar-refractivity contribution in [2.75, 3.05) is 60.0 Å². The molecule has 2 aliphatic rings. The van der Waals surface area contributed by atoms with E-state index in [1.165, 1.54) is 50.9 Å². The standard InChI is InChI=1S/C23H39N5O/c1-24-23(25-17-20-10-13-27(14-11-20)15-16-29-2)26-22-9-6-12-28(19-22)18-21-7-4-3-5-8-21/h3-5,7-8,20,22H,6,9-19H2,1-2H3,(H2,24,25,26). The molecule has 2 heterocycles. The molecule has 2 N–H and O–H groups in total. The number of likely N-dealkylation sites (tertiary alicyclic amines) is 2. The quantitative estimate of drug-likeness (QED) is 0.517. The molecule has 0 spiro atoms. The molecule has 6 heteroatoms. The maximum Gasteiger partial charge on any atom is 0.191 e. The van der Waals surface area contributed by atoms with Gasteiger partial charge < -0.3 is 20.3 Å². The van der Waals surface area contributed by atoms with Crippen molar-refractivity contribution in [1.82, 2.24) is 20.4 Å². The molecular weight excluding hydrogens is 362 g/mol. The lowest BCUT2D eigenvalue weighted by molar-refractivity contribution is 0.120. The molecule has 0 bridgehead atoms. The van der Waals surface area contributed by atoms with Gasteiger partial charge in [-0.15, -0.1) is 0 Å². The van der Waals surface area contributed by atoms with E-state index in [1.807, 2.05) is 7.05 Å². The van der Waals surface area contributed by atoms with Crippen LogP contribution in [0.15, 0.2) is 35.3 Å². The molecule has 6 nitrogen and oxygen atoms in total. The Labute approximate surface area is 176 Å². The van der Waals surface area contributed by atoms with Crippen LogP contribution in [0.25, 0.3) is 0 Å². The molecule has 1 aromatic carbocycles. The third-order valence-electron chi connectivity index (χ3n) is 6.20. The minimum Gasteiger partial charge on any atom is -0.383 e. The summed E-state index contributed by atoms with van der Waals surface area (Å²) >= 11 is 0. The molecule has 0 saturated carbocycles. The van der Waals surface area contributed by atoms with E-state index in [0.29, 0.717) is 6.04 Å². The van der Waals surface area contributed by atoms with Crippen molar-refractivity contribution in [3.63, 3.8) is 0 Å². The molecule has 1 atom stereocenters.